The van der Waals surface area contributed by atoms with Crippen molar-refractivity contribution in [1.82, 2.24) is 15.8 Å². The number of pyridine rings is 1. The minimum atomic E-state index is -0.130. The Labute approximate surface area is 162 Å². The van der Waals surface area contributed by atoms with Gasteiger partial charge in [0.2, 0.25) is 0 Å². The predicted molar refractivity (Wildman–Crippen MR) is 108 cm³/mol. The Bertz CT molecular complexity index is 913. The molecule has 0 saturated carbocycles. The van der Waals surface area contributed by atoms with Gasteiger partial charge in [-0.25, -0.2) is 10.4 Å². The average Bonchev–Trinajstić information content (AvgIpc) is 2.72. The number of hydrogen-bond donors (Lipinski definition) is 2. The summed E-state index contributed by atoms with van der Waals surface area (Å²) in [4.78, 5) is 21.2. The Morgan fingerprint density at radius 3 is 2.63 bits per heavy atom. The van der Waals surface area contributed by atoms with Gasteiger partial charge < -0.3 is 4.90 Å². The Morgan fingerprint density at radius 1 is 1.04 bits per heavy atom. The van der Waals surface area contributed by atoms with E-state index < -0.39 is 0 Å². The number of carbonyl (C=O) groups excluding carboxylic acids is 1. The predicted octanol–water partition coefficient (Wildman–Crippen LogP) is 4.14. The number of nitrogens with one attached hydrogen (secondary N) is 2. The summed E-state index contributed by atoms with van der Waals surface area (Å²) in [7, 11) is 0. The lowest BCUT2D eigenvalue weighted by Gasteiger charge is -2.31. The summed E-state index contributed by atoms with van der Waals surface area (Å²) in [5.41, 5.74) is 8.40. The number of fused-ring (bicyclic) bond motifs is 2. The summed E-state index contributed by atoms with van der Waals surface area (Å²) in [5.74, 6) is 0.838. The Hall–Kier alpha value is -2.83. The number of hydrogen-bond acceptors (Lipinski definition) is 5. The summed E-state index contributed by atoms with van der Waals surface area (Å²) in [6.07, 6.45) is 1.83. The van der Waals surface area contributed by atoms with E-state index in [0.29, 0.717) is 18.7 Å². The van der Waals surface area contributed by atoms with Crippen LogP contribution in [0.25, 0.3) is 0 Å². The molecule has 0 spiro atoms. The van der Waals surface area contributed by atoms with Gasteiger partial charge in [-0.05, 0) is 42.0 Å². The van der Waals surface area contributed by atoms with Crippen LogP contribution in [0.2, 0.25) is 0 Å². The van der Waals surface area contributed by atoms with Crippen LogP contribution in [0.5, 0.6) is 0 Å². The molecule has 136 valence electrons. The SMILES string of the molecule is CCNNC(=O)c1ccc(CN2c3ccccc3Sc3cccnc32)cc1. The van der Waals surface area contributed by atoms with Gasteiger partial charge in [-0.2, -0.15) is 0 Å². The first-order valence-electron chi connectivity index (χ1n) is 8.88. The van der Waals surface area contributed by atoms with Crippen LogP contribution in [0.4, 0.5) is 11.5 Å². The van der Waals surface area contributed by atoms with E-state index in [1.54, 1.807) is 11.8 Å². The molecule has 0 fully saturated rings. The van der Waals surface area contributed by atoms with E-state index in [0.717, 1.165) is 22.0 Å². The van der Waals surface area contributed by atoms with Crippen molar-refractivity contribution in [3.63, 3.8) is 0 Å². The van der Waals surface area contributed by atoms with E-state index >= 15 is 0 Å². The molecule has 5 nitrogen and oxygen atoms in total. The summed E-state index contributed by atoms with van der Waals surface area (Å²) < 4.78 is 0. The number of aromatic nitrogens is 1. The fourth-order valence-electron chi connectivity index (χ4n) is 3.01. The van der Waals surface area contributed by atoms with Gasteiger partial charge in [-0.15, -0.1) is 0 Å². The third kappa shape index (κ3) is 3.67. The molecule has 2 heterocycles. The molecule has 0 radical (unpaired) electrons. The van der Waals surface area contributed by atoms with E-state index in [4.69, 9.17) is 0 Å². The van der Waals surface area contributed by atoms with Crippen molar-refractivity contribution in [3.8, 4) is 0 Å². The second kappa shape index (κ2) is 7.82. The van der Waals surface area contributed by atoms with E-state index in [9.17, 15) is 4.79 Å². The molecule has 0 atom stereocenters. The molecule has 3 aromatic rings. The Kier molecular flexibility index (Phi) is 5.09. The summed E-state index contributed by atoms with van der Waals surface area (Å²) in [6.45, 7) is 3.31. The van der Waals surface area contributed by atoms with Gasteiger partial charge in [0.25, 0.3) is 5.91 Å². The van der Waals surface area contributed by atoms with Crippen LogP contribution in [0.15, 0.2) is 76.7 Å². The zero-order valence-corrected chi connectivity index (χ0v) is 15.8. The molecule has 1 aliphatic heterocycles. The number of carbonyl (C=O) groups is 1. The first kappa shape index (κ1) is 17.6. The van der Waals surface area contributed by atoms with Crippen LogP contribution in [0, 0.1) is 0 Å². The van der Waals surface area contributed by atoms with Crippen LogP contribution in [0.1, 0.15) is 22.8 Å². The van der Waals surface area contributed by atoms with Crippen LogP contribution < -0.4 is 15.8 Å². The maximum Gasteiger partial charge on any atom is 0.265 e. The highest BCUT2D eigenvalue weighted by atomic mass is 32.2. The Balaban J connectivity index is 1.60. The lowest BCUT2D eigenvalue weighted by atomic mass is 10.1. The first-order valence-corrected chi connectivity index (χ1v) is 9.69. The summed E-state index contributed by atoms with van der Waals surface area (Å²) in [6, 6.07) is 20.1. The highest BCUT2D eigenvalue weighted by Crippen LogP contribution is 2.47. The molecule has 0 aliphatic carbocycles. The maximum atomic E-state index is 12.0. The van der Waals surface area contributed by atoms with Gasteiger partial charge in [-0.3, -0.25) is 10.2 Å². The van der Waals surface area contributed by atoms with Gasteiger partial charge in [0.05, 0.1) is 10.6 Å². The molecule has 0 unspecified atom stereocenters. The topological polar surface area (TPSA) is 57.3 Å². The van der Waals surface area contributed by atoms with E-state index in [2.05, 4.69) is 51.1 Å². The monoisotopic (exact) mass is 376 g/mol. The lowest BCUT2D eigenvalue weighted by Crippen LogP contribution is -2.37. The number of amides is 1. The maximum absolute atomic E-state index is 12.0. The summed E-state index contributed by atoms with van der Waals surface area (Å²) in [5, 5.41) is 0. The quantitative estimate of drug-likeness (QED) is 0.656. The molecule has 1 amide bonds. The van der Waals surface area contributed by atoms with Crippen LogP contribution in [0.3, 0.4) is 0 Å². The molecule has 6 heteroatoms. The number of para-hydroxylation sites is 1. The van der Waals surface area contributed by atoms with Crippen LogP contribution >= 0.6 is 11.8 Å². The molecule has 0 saturated heterocycles. The zero-order chi connectivity index (χ0) is 18.6. The van der Waals surface area contributed by atoms with E-state index in [1.807, 2.05) is 43.5 Å². The molecule has 0 bridgehead atoms. The third-order valence-electron chi connectivity index (χ3n) is 4.32. The number of nitrogens with zero attached hydrogens (tertiary/aromatic N) is 2. The van der Waals surface area contributed by atoms with Crippen molar-refractivity contribution >= 4 is 29.2 Å². The summed E-state index contributed by atoms with van der Waals surface area (Å²) >= 11 is 1.75. The molecular weight excluding hydrogens is 356 g/mol. The van der Waals surface area contributed by atoms with Crippen molar-refractivity contribution in [3.05, 3.63) is 78.0 Å². The number of hydrazine groups is 1. The minimum absolute atomic E-state index is 0.130. The number of anilines is 2. The smallest absolute Gasteiger partial charge is 0.265 e. The average molecular weight is 376 g/mol. The Morgan fingerprint density at radius 2 is 1.81 bits per heavy atom. The van der Waals surface area contributed by atoms with Gasteiger partial charge in [0.15, 0.2) is 0 Å². The zero-order valence-electron chi connectivity index (χ0n) is 15.0. The highest BCUT2D eigenvalue weighted by molar-refractivity contribution is 7.99. The van der Waals surface area contributed by atoms with Gasteiger partial charge in [0.1, 0.15) is 5.82 Å². The van der Waals surface area contributed by atoms with Crippen molar-refractivity contribution in [2.24, 2.45) is 0 Å². The van der Waals surface area contributed by atoms with Crippen molar-refractivity contribution in [2.75, 3.05) is 11.4 Å². The molecular formula is C21H20N4OS. The van der Waals surface area contributed by atoms with Gasteiger partial charge in [0, 0.05) is 29.7 Å². The standard InChI is InChI=1S/C21H20N4OS/c1-2-23-24-21(26)16-11-9-15(10-12-16)14-25-17-6-3-4-7-18(17)27-19-8-5-13-22-20(19)25/h3-13,23H,2,14H2,1H3,(H,24,26). The molecule has 2 aromatic carbocycles. The second-order valence-electron chi connectivity index (χ2n) is 6.16. The number of benzene rings is 2. The van der Waals surface area contributed by atoms with E-state index in [1.165, 1.54) is 4.90 Å². The van der Waals surface area contributed by atoms with Crippen molar-refractivity contribution < 1.29 is 4.79 Å². The third-order valence-corrected chi connectivity index (χ3v) is 5.42. The molecule has 1 aliphatic rings. The highest BCUT2D eigenvalue weighted by Gasteiger charge is 2.24. The minimum Gasteiger partial charge on any atom is -0.320 e. The fraction of sp³-hybridized carbons (Fsp3) is 0.143. The van der Waals surface area contributed by atoms with Gasteiger partial charge >= 0.3 is 0 Å². The van der Waals surface area contributed by atoms with Gasteiger partial charge in [-0.1, -0.05) is 43.0 Å². The largest absolute Gasteiger partial charge is 0.320 e. The number of rotatable bonds is 5. The lowest BCUT2D eigenvalue weighted by molar-refractivity contribution is 0.0934. The molecule has 2 N–H and O–H groups in total. The van der Waals surface area contributed by atoms with E-state index in [-0.39, 0.29) is 5.91 Å². The second-order valence-corrected chi connectivity index (χ2v) is 7.25. The normalized spacial score (nSPS) is 12.3. The fourth-order valence-corrected chi connectivity index (χ4v) is 4.08. The van der Waals surface area contributed by atoms with Crippen LogP contribution in [-0.2, 0) is 6.54 Å². The van der Waals surface area contributed by atoms with Crippen molar-refractivity contribution in [2.45, 2.75) is 23.3 Å². The first-order chi connectivity index (χ1) is 13.3. The van der Waals surface area contributed by atoms with Crippen LogP contribution in [-0.4, -0.2) is 17.4 Å². The molecule has 4 rings (SSSR count). The molecule has 27 heavy (non-hydrogen) atoms. The van der Waals surface area contributed by atoms with Crippen molar-refractivity contribution in [1.29, 1.82) is 0 Å². The molecule has 1 aromatic heterocycles.